The van der Waals surface area contributed by atoms with Gasteiger partial charge in [-0.25, -0.2) is 4.79 Å². The van der Waals surface area contributed by atoms with Crippen LogP contribution >= 0.6 is 0 Å². The Labute approximate surface area is 211 Å². The lowest BCUT2D eigenvalue weighted by Gasteiger charge is -2.35. The van der Waals surface area contributed by atoms with Crippen LogP contribution in [-0.4, -0.2) is 60.2 Å². The number of piperazine rings is 1. The fraction of sp³-hybridized carbons (Fsp3) is 0.379. The Hall–Kier alpha value is -3.74. The molecule has 0 aliphatic carbocycles. The molecule has 0 spiro atoms. The van der Waals surface area contributed by atoms with E-state index >= 15 is 0 Å². The zero-order chi connectivity index (χ0) is 25.4. The third-order valence-corrected chi connectivity index (χ3v) is 6.46. The SMILES string of the molecule is CC1=CCc2cc3cc(-c4ccc(C(=O)N5CCN(C(=O)OC(C)(C)C)CC5)cc4)oc3cc2OC1. The molecule has 0 atom stereocenters. The molecule has 2 aromatic carbocycles. The van der Waals surface area contributed by atoms with Gasteiger partial charge in [0.25, 0.3) is 5.91 Å². The van der Waals surface area contributed by atoms with E-state index in [1.807, 2.05) is 57.2 Å². The number of hydrogen-bond donors (Lipinski definition) is 0. The van der Waals surface area contributed by atoms with Crippen molar-refractivity contribution in [2.75, 3.05) is 32.8 Å². The van der Waals surface area contributed by atoms with Crippen molar-refractivity contribution in [2.45, 2.75) is 39.7 Å². The van der Waals surface area contributed by atoms with Gasteiger partial charge in [-0.2, -0.15) is 0 Å². The lowest BCUT2D eigenvalue weighted by Crippen LogP contribution is -2.51. The molecule has 2 aliphatic heterocycles. The summed E-state index contributed by atoms with van der Waals surface area (Å²) in [5.41, 5.74) is 4.15. The smallest absolute Gasteiger partial charge is 0.410 e. The van der Waals surface area contributed by atoms with Crippen molar-refractivity contribution in [2.24, 2.45) is 0 Å². The zero-order valence-corrected chi connectivity index (χ0v) is 21.3. The highest BCUT2D eigenvalue weighted by atomic mass is 16.6. The molecule has 2 amide bonds. The van der Waals surface area contributed by atoms with E-state index in [2.05, 4.69) is 19.1 Å². The fourth-order valence-corrected chi connectivity index (χ4v) is 4.46. The summed E-state index contributed by atoms with van der Waals surface area (Å²) >= 11 is 0. The van der Waals surface area contributed by atoms with E-state index in [9.17, 15) is 9.59 Å². The quantitative estimate of drug-likeness (QED) is 0.435. The van der Waals surface area contributed by atoms with Crippen LogP contribution in [0.2, 0.25) is 0 Å². The number of carbonyl (C=O) groups excluding carboxylic acids is 2. The summed E-state index contributed by atoms with van der Waals surface area (Å²) in [6.45, 7) is 10.1. The van der Waals surface area contributed by atoms with Crippen molar-refractivity contribution in [1.29, 1.82) is 0 Å². The number of nitrogens with zero attached hydrogens (tertiary/aromatic N) is 2. The topological polar surface area (TPSA) is 72.2 Å². The van der Waals surface area contributed by atoms with Crippen LogP contribution in [0.15, 0.2) is 58.5 Å². The highest BCUT2D eigenvalue weighted by Gasteiger charge is 2.28. The summed E-state index contributed by atoms with van der Waals surface area (Å²) in [6.07, 6.45) is 2.71. The first-order valence-electron chi connectivity index (χ1n) is 12.4. The molecule has 188 valence electrons. The molecule has 1 saturated heterocycles. The van der Waals surface area contributed by atoms with Gasteiger partial charge in [-0.05, 0) is 69.5 Å². The van der Waals surface area contributed by atoms with Crippen molar-refractivity contribution in [1.82, 2.24) is 9.80 Å². The molecule has 7 heteroatoms. The number of hydrogen-bond acceptors (Lipinski definition) is 5. The first-order valence-corrected chi connectivity index (χ1v) is 12.4. The monoisotopic (exact) mass is 488 g/mol. The van der Waals surface area contributed by atoms with Crippen LogP contribution in [0.4, 0.5) is 4.79 Å². The molecule has 1 fully saturated rings. The van der Waals surface area contributed by atoms with Crippen LogP contribution in [0, 0.1) is 0 Å². The van der Waals surface area contributed by atoms with Gasteiger partial charge in [0.1, 0.15) is 29.3 Å². The van der Waals surface area contributed by atoms with Gasteiger partial charge in [0, 0.05) is 48.8 Å². The molecule has 0 unspecified atom stereocenters. The van der Waals surface area contributed by atoms with E-state index in [1.165, 1.54) is 5.57 Å². The molecule has 0 bridgehead atoms. The summed E-state index contributed by atoms with van der Waals surface area (Å²) in [7, 11) is 0. The largest absolute Gasteiger partial charge is 0.489 e. The second kappa shape index (κ2) is 9.37. The molecular formula is C29H32N2O5. The molecule has 1 aromatic heterocycles. The Balaban J connectivity index is 1.25. The second-order valence-electron chi connectivity index (χ2n) is 10.5. The Morgan fingerprint density at radius 1 is 0.944 bits per heavy atom. The first-order chi connectivity index (χ1) is 17.2. The predicted octanol–water partition coefficient (Wildman–Crippen LogP) is 5.67. The van der Waals surface area contributed by atoms with E-state index < -0.39 is 5.60 Å². The van der Waals surface area contributed by atoms with E-state index in [0.717, 1.165) is 40.0 Å². The third-order valence-electron chi connectivity index (χ3n) is 6.46. The molecule has 2 aliphatic rings. The number of allylic oxidation sites excluding steroid dienone is 1. The van der Waals surface area contributed by atoms with Crippen LogP contribution in [0.1, 0.15) is 43.6 Å². The van der Waals surface area contributed by atoms with Crippen LogP contribution in [0.5, 0.6) is 5.75 Å². The predicted molar refractivity (Wildman–Crippen MR) is 138 cm³/mol. The highest BCUT2D eigenvalue weighted by Crippen LogP contribution is 2.34. The van der Waals surface area contributed by atoms with Crippen molar-refractivity contribution in [3.8, 4) is 17.1 Å². The maximum absolute atomic E-state index is 13.0. The van der Waals surface area contributed by atoms with E-state index in [4.69, 9.17) is 13.9 Å². The Bertz CT molecular complexity index is 1320. The molecule has 0 N–H and O–H groups in total. The van der Waals surface area contributed by atoms with Gasteiger partial charge < -0.3 is 23.7 Å². The average Bonchev–Trinajstić information content (AvgIpc) is 3.18. The van der Waals surface area contributed by atoms with Gasteiger partial charge in [-0.3, -0.25) is 4.79 Å². The fourth-order valence-electron chi connectivity index (χ4n) is 4.46. The third kappa shape index (κ3) is 5.10. The zero-order valence-electron chi connectivity index (χ0n) is 21.3. The number of carbonyl (C=O) groups is 2. The normalized spacial score (nSPS) is 16.2. The van der Waals surface area contributed by atoms with Gasteiger partial charge in [-0.15, -0.1) is 0 Å². The van der Waals surface area contributed by atoms with E-state index in [-0.39, 0.29) is 12.0 Å². The van der Waals surface area contributed by atoms with E-state index in [1.54, 1.807) is 9.80 Å². The maximum atomic E-state index is 13.0. The van der Waals surface area contributed by atoms with Crippen LogP contribution in [0.3, 0.4) is 0 Å². The van der Waals surface area contributed by atoms with Gasteiger partial charge in [-0.1, -0.05) is 18.2 Å². The maximum Gasteiger partial charge on any atom is 0.410 e. The molecule has 0 radical (unpaired) electrons. The molecule has 0 saturated carbocycles. The number of furan rings is 1. The van der Waals surface area contributed by atoms with Crippen molar-refractivity contribution in [3.05, 3.63) is 65.2 Å². The second-order valence-corrected chi connectivity index (χ2v) is 10.5. The van der Waals surface area contributed by atoms with Crippen molar-refractivity contribution >= 4 is 23.0 Å². The highest BCUT2D eigenvalue weighted by molar-refractivity contribution is 5.95. The Kier molecular flexibility index (Phi) is 6.24. The van der Waals surface area contributed by atoms with E-state index in [0.29, 0.717) is 38.3 Å². The minimum atomic E-state index is -0.533. The summed E-state index contributed by atoms with van der Waals surface area (Å²) in [5.74, 6) is 1.57. The molecule has 36 heavy (non-hydrogen) atoms. The standard InChI is InChI=1S/C29H32N2O5/c1-19-5-6-22-15-23-16-25(35-26(23)17-24(22)34-18-19)20-7-9-21(10-8-20)27(32)30-11-13-31(14-12-30)28(33)36-29(2,3)4/h5,7-10,15-17H,6,11-14,18H2,1-4H3. The summed E-state index contributed by atoms with van der Waals surface area (Å²) in [4.78, 5) is 28.8. The summed E-state index contributed by atoms with van der Waals surface area (Å²) < 4.78 is 17.5. The molecule has 5 rings (SSSR count). The van der Waals surface area contributed by atoms with Gasteiger partial charge in [0.05, 0.1) is 0 Å². The molecular weight excluding hydrogens is 456 g/mol. The number of benzene rings is 2. The Morgan fingerprint density at radius 2 is 1.64 bits per heavy atom. The van der Waals surface area contributed by atoms with Crippen LogP contribution in [0.25, 0.3) is 22.3 Å². The van der Waals surface area contributed by atoms with Crippen LogP contribution in [-0.2, 0) is 11.2 Å². The number of rotatable bonds is 2. The summed E-state index contributed by atoms with van der Waals surface area (Å²) in [5, 5.41) is 1.03. The van der Waals surface area contributed by atoms with Crippen molar-refractivity contribution in [3.63, 3.8) is 0 Å². The summed E-state index contributed by atoms with van der Waals surface area (Å²) in [6, 6.07) is 13.6. The number of fused-ring (bicyclic) bond motifs is 2. The first kappa shape index (κ1) is 24.0. The Morgan fingerprint density at radius 3 is 2.33 bits per heavy atom. The number of ether oxygens (including phenoxy) is 2. The van der Waals surface area contributed by atoms with Gasteiger partial charge in [0.15, 0.2) is 0 Å². The average molecular weight is 489 g/mol. The molecule has 3 heterocycles. The minimum Gasteiger partial charge on any atom is -0.489 e. The van der Waals surface area contributed by atoms with Gasteiger partial charge >= 0.3 is 6.09 Å². The lowest BCUT2D eigenvalue weighted by atomic mass is 10.1. The number of amides is 2. The lowest BCUT2D eigenvalue weighted by molar-refractivity contribution is 0.0141. The van der Waals surface area contributed by atoms with Crippen LogP contribution < -0.4 is 4.74 Å². The minimum absolute atomic E-state index is 0.0424. The van der Waals surface area contributed by atoms with Crippen molar-refractivity contribution < 1.29 is 23.5 Å². The molecule has 7 nitrogen and oxygen atoms in total. The molecule has 3 aromatic rings. The van der Waals surface area contributed by atoms with Gasteiger partial charge in [0.2, 0.25) is 0 Å².